The van der Waals surface area contributed by atoms with Crippen molar-refractivity contribution in [1.29, 1.82) is 0 Å². The Bertz CT molecular complexity index is 730. The van der Waals surface area contributed by atoms with E-state index in [1.54, 1.807) is 53.7 Å². The number of esters is 1. The fourth-order valence-electron chi connectivity index (χ4n) is 1.92. The molecule has 1 N–H and O–H groups in total. The highest BCUT2D eigenvalue weighted by Crippen LogP contribution is 2.12. The highest BCUT2D eigenvalue weighted by Gasteiger charge is 2.30. The minimum atomic E-state index is -1.18. The third-order valence-corrected chi connectivity index (χ3v) is 2.89. The van der Waals surface area contributed by atoms with E-state index in [-0.39, 0.29) is 6.42 Å². The second kappa shape index (κ2) is 9.22. The van der Waals surface area contributed by atoms with Crippen LogP contribution < -0.4 is 5.32 Å². The van der Waals surface area contributed by atoms with Crippen molar-refractivity contribution < 1.29 is 23.9 Å². The second-order valence-electron chi connectivity index (χ2n) is 7.98. The lowest BCUT2D eigenvalue weighted by Crippen LogP contribution is -2.46. The molecule has 0 aliphatic rings. The van der Waals surface area contributed by atoms with Crippen molar-refractivity contribution in [3.05, 3.63) is 35.9 Å². The number of carbonyl (C=O) groups is 3. The lowest BCUT2D eigenvalue weighted by atomic mass is 10.1. The van der Waals surface area contributed by atoms with Gasteiger partial charge < -0.3 is 14.8 Å². The van der Waals surface area contributed by atoms with Crippen molar-refractivity contribution in [2.75, 3.05) is 0 Å². The lowest BCUT2D eigenvalue weighted by molar-refractivity contribution is -0.158. The molecule has 0 aliphatic heterocycles. The predicted octanol–water partition coefficient (Wildman–Crippen LogP) is 3.23. The van der Waals surface area contributed by atoms with Crippen LogP contribution in [-0.4, -0.2) is 35.1 Å². The van der Waals surface area contributed by atoms with Gasteiger partial charge in [0, 0.05) is 12.0 Å². The summed E-state index contributed by atoms with van der Waals surface area (Å²) in [5, 5.41) is 2.40. The number of carbonyl (C=O) groups excluding carboxylic acids is 3. The maximum atomic E-state index is 12.4. The molecule has 1 amide bonds. The van der Waals surface area contributed by atoms with Crippen LogP contribution >= 0.6 is 0 Å². The van der Waals surface area contributed by atoms with Crippen LogP contribution in [0.15, 0.2) is 30.3 Å². The van der Waals surface area contributed by atoms with Gasteiger partial charge in [0.1, 0.15) is 17.2 Å². The van der Waals surface area contributed by atoms with Crippen molar-refractivity contribution >= 4 is 17.8 Å². The summed E-state index contributed by atoms with van der Waals surface area (Å²) >= 11 is 0. The largest absolute Gasteiger partial charge is 0.458 e. The number of amides is 1. The maximum Gasteiger partial charge on any atom is 0.408 e. The van der Waals surface area contributed by atoms with E-state index in [1.807, 2.05) is 18.2 Å². The molecule has 27 heavy (non-hydrogen) atoms. The van der Waals surface area contributed by atoms with Crippen LogP contribution in [0, 0.1) is 11.8 Å². The van der Waals surface area contributed by atoms with Crippen molar-refractivity contribution in [2.24, 2.45) is 0 Å². The molecule has 0 saturated heterocycles. The number of ketones is 1. The standard InChI is InChI=1S/C21H27NO5/c1-20(2,3)26-18(24)17(22-19(25)27-21(4,5)6)14-16(23)13-12-15-10-8-7-9-11-15/h7-11,17H,14H2,1-6H3,(H,22,25)/t17-/m0/s1. The van der Waals surface area contributed by atoms with Crippen LogP contribution in [0.2, 0.25) is 0 Å². The normalized spacial score (nSPS) is 12.2. The molecular formula is C21H27NO5. The van der Waals surface area contributed by atoms with Crippen LogP contribution in [0.5, 0.6) is 0 Å². The number of benzene rings is 1. The summed E-state index contributed by atoms with van der Waals surface area (Å²) in [5.74, 6) is 4.00. The summed E-state index contributed by atoms with van der Waals surface area (Å²) in [6.07, 6.45) is -1.12. The van der Waals surface area contributed by atoms with Crippen molar-refractivity contribution in [2.45, 2.75) is 65.2 Å². The van der Waals surface area contributed by atoms with E-state index < -0.39 is 35.1 Å². The van der Waals surface area contributed by atoms with Gasteiger partial charge in [0.25, 0.3) is 0 Å². The quantitative estimate of drug-likeness (QED) is 0.647. The first-order valence-electron chi connectivity index (χ1n) is 8.68. The van der Waals surface area contributed by atoms with Crippen LogP contribution in [0.3, 0.4) is 0 Å². The van der Waals surface area contributed by atoms with Crippen molar-refractivity contribution in [1.82, 2.24) is 5.32 Å². The highest BCUT2D eigenvalue weighted by atomic mass is 16.6. The number of alkyl carbamates (subject to hydrolysis) is 1. The molecular weight excluding hydrogens is 346 g/mol. The molecule has 0 aromatic heterocycles. The molecule has 146 valence electrons. The Labute approximate surface area is 160 Å². The molecule has 0 radical (unpaired) electrons. The molecule has 0 spiro atoms. The Morgan fingerprint density at radius 2 is 1.52 bits per heavy atom. The second-order valence-corrected chi connectivity index (χ2v) is 7.98. The average Bonchev–Trinajstić information content (AvgIpc) is 2.50. The van der Waals surface area contributed by atoms with Gasteiger partial charge in [-0.15, -0.1) is 0 Å². The molecule has 0 unspecified atom stereocenters. The van der Waals surface area contributed by atoms with E-state index in [0.717, 1.165) is 0 Å². The Morgan fingerprint density at radius 1 is 0.963 bits per heavy atom. The average molecular weight is 373 g/mol. The smallest absolute Gasteiger partial charge is 0.408 e. The van der Waals surface area contributed by atoms with E-state index in [9.17, 15) is 14.4 Å². The molecule has 6 nitrogen and oxygen atoms in total. The summed E-state index contributed by atoms with van der Waals surface area (Å²) in [6, 6.07) is 7.81. The zero-order chi connectivity index (χ0) is 20.7. The van der Waals surface area contributed by atoms with E-state index in [0.29, 0.717) is 5.56 Å². The fraction of sp³-hybridized carbons (Fsp3) is 0.476. The van der Waals surface area contributed by atoms with Gasteiger partial charge in [0.2, 0.25) is 5.78 Å². The van der Waals surface area contributed by atoms with Crippen LogP contribution in [0.4, 0.5) is 4.79 Å². The fourth-order valence-corrected chi connectivity index (χ4v) is 1.92. The van der Waals surface area contributed by atoms with E-state index in [1.165, 1.54) is 0 Å². The first kappa shape index (κ1) is 22.2. The summed E-state index contributed by atoms with van der Waals surface area (Å²) in [4.78, 5) is 36.6. The molecule has 1 rings (SSSR count). The Kier molecular flexibility index (Phi) is 7.59. The van der Waals surface area contributed by atoms with Crippen molar-refractivity contribution in [3.8, 4) is 11.8 Å². The number of hydrogen-bond donors (Lipinski definition) is 1. The van der Waals surface area contributed by atoms with E-state index in [4.69, 9.17) is 9.47 Å². The Balaban J connectivity index is 2.87. The highest BCUT2D eigenvalue weighted by molar-refractivity contribution is 5.99. The molecule has 0 saturated carbocycles. The van der Waals surface area contributed by atoms with E-state index >= 15 is 0 Å². The monoisotopic (exact) mass is 373 g/mol. The van der Waals surface area contributed by atoms with Gasteiger partial charge in [-0.05, 0) is 59.6 Å². The van der Waals surface area contributed by atoms with E-state index in [2.05, 4.69) is 17.2 Å². The number of ether oxygens (including phenoxy) is 2. The third kappa shape index (κ3) is 10.0. The number of rotatable bonds is 4. The van der Waals surface area contributed by atoms with Gasteiger partial charge >= 0.3 is 12.1 Å². The van der Waals surface area contributed by atoms with Gasteiger partial charge in [0.15, 0.2) is 0 Å². The molecule has 0 heterocycles. The topological polar surface area (TPSA) is 81.7 Å². The Hall–Kier alpha value is -2.81. The molecule has 1 aromatic rings. The van der Waals surface area contributed by atoms with Crippen LogP contribution in [0.1, 0.15) is 53.5 Å². The first-order chi connectivity index (χ1) is 12.4. The minimum absolute atomic E-state index is 0.312. The number of nitrogens with one attached hydrogen (secondary N) is 1. The van der Waals surface area contributed by atoms with Gasteiger partial charge in [-0.25, -0.2) is 9.59 Å². The SMILES string of the molecule is CC(C)(C)OC(=O)N[C@@H](CC(=O)C#Cc1ccccc1)C(=O)OC(C)(C)C. The molecule has 1 atom stereocenters. The number of hydrogen-bond acceptors (Lipinski definition) is 5. The first-order valence-corrected chi connectivity index (χ1v) is 8.68. The zero-order valence-electron chi connectivity index (χ0n) is 16.7. The lowest BCUT2D eigenvalue weighted by Gasteiger charge is -2.25. The molecule has 0 fully saturated rings. The van der Waals surface area contributed by atoms with Gasteiger partial charge in [0.05, 0.1) is 0 Å². The zero-order valence-corrected chi connectivity index (χ0v) is 16.7. The summed E-state index contributed by atoms with van der Waals surface area (Å²) in [6.45, 7) is 10.2. The minimum Gasteiger partial charge on any atom is -0.458 e. The summed E-state index contributed by atoms with van der Waals surface area (Å²) < 4.78 is 10.4. The number of Topliss-reactive ketones (excluding diaryl/α,β-unsaturated/α-hetero) is 1. The summed E-state index contributed by atoms with van der Waals surface area (Å²) in [5.41, 5.74) is -0.816. The van der Waals surface area contributed by atoms with Crippen LogP contribution in [0.25, 0.3) is 0 Å². The molecule has 1 aromatic carbocycles. The predicted molar refractivity (Wildman–Crippen MR) is 102 cm³/mol. The van der Waals surface area contributed by atoms with Crippen molar-refractivity contribution in [3.63, 3.8) is 0 Å². The maximum absolute atomic E-state index is 12.4. The molecule has 0 aliphatic carbocycles. The summed E-state index contributed by atoms with van der Waals surface area (Å²) in [7, 11) is 0. The molecule has 6 heteroatoms. The Morgan fingerprint density at radius 3 is 2.04 bits per heavy atom. The van der Waals surface area contributed by atoms with Crippen LogP contribution in [-0.2, 0) is 19.1 Å². The van der Waals surface area contributed by atoms with Gasteiger partial charge in [-0.3, -0.25) is 4.79 Å². The van der Waals surface area contributed by atoms with Gasteiger partial charge in [-0.2, -0.15) is 0 Å². The third-order valence-electron chi connectivity index (χ3n) is 2.89. The van der Waals surface area contributed by atoms with Gasteiger partial charge in [-0.1, -0.05) is 24.1 Å². The molecule has 0 bridgehead atoms.